The molecule has 3 aromatic carbocycles. The highest BCUT2D eigenvalue weighted by Gasteiger charge is 2.24. The topological polar surface area (TPSA) is 56.6 Å². The van der Waals surface area contributed by atoms with E-state index in [1.54, 1.807) is 24.4 Å². The lowest BCUT2D eigenvalue weighted by molar-refractivity contribution is -0.00521. The smallest absolute Gasteiger partial charge is 0.150 e. The second kappa shape index (κ2) is 11.2. The molecule has 7 heteroatoms. The average molecular weight is 520 g/mol. The van der Waals surface area contributed by atoms with Crippen molar-refractivity contribution in [3.8, 4) is 17.2 Å². The lowest BCUT2D eigenvalue weighted by atomic mass is 9.95. The summed E-state index contributed by atoms with van der Waals surface area (Å²) in [5, 5.41) is 10.2. The molecule has 0 saturated carbocycles. The van der Waals surface area contributed by atoms with Gasteiger partial charge in [-0.3, -0.25) is 4.79 Å². The van der Waals surface area contributed by atoms with Crippen molar-refractivity contribution >= 4 is 45.9 Å². The maximum Gasteiger partial charge on any atom is 0.150 e. The molecular formula is C29H27Cl2N3O2. The van der Waals surface area contributed by atoms with Crippen molar-refractivity contribution in [2.24, 2.45) is 0 Å². The summed E-state index contributed by atoms with van der Waals surface area (Å²) in [5.74, 6) is 0. The molecule has 1 heterocycles. The van der Waals surface area contributed by atoms with Crippen LogP contribution < -0.4 is 9.80 Å². The molecule has 1 saturated heterocycles. The van der Waals surface area contributed by atoms with Crippen LogP contribution in [0, 0.1) is 11.3 Å². The van der Waals surface area contributed by atoms with Gasteiger partial charge in [0.25, 0.3) is 0 Å². The molecule has 0 amide bonds. The maximum absolute atomic E-state index is 11.9. The normalized spacial score (nSPS) is 18.0. The number of anilines is 2. The van der Waals surface area contributed by atoms with Gasteiger partial charge in [-0.1, -0.05) is 53.5 Å². The first kappa shape index (κ1) is 25.8. The molecule has 2 atom stereocenters. The van der Waals surface area contributed by atoms with Gasteiger partial charge in [0.2, 0.25) is 0 Å². The van der Waals surface area contributed by atoms with E-state index in [9.17, 15) is 4.79 Å². The first-order valence-electron chi connectivity index (χ1n) is 11.7. The van der Waals surface area contributed by atoms with E-state index in [0.29, 0.717) is 26.7 Å². The SMILES string of the molecule is CC1CN(c2ccc(N(C)/C=C(/Cl)c3c(C=O)cccc3-c3ccc(C#N)cc3)cc2Cl)CC(C)O1. The number of benzene rings is 3. The number of hydrogen-bond acceptors (Lipinski definition) is 5. The molecule has 2 unspecified atom stereocenters. The van der Waals surface area contributed by atoms with Crippen LogP contribution in [-0.2, 0) is 4.74 Å². The Labute approximate surface area is 222 Å². The molecule has 36 heavy (non-hydrogen) atoms. The van der Waals surface area contributed by atoms with Crippen LogP contribution in [0.3, 0.4) is 0 Å². The molecule has 3 aromatic rings. The Balaban J connectivity index is 1.65. The molecule has 4 rings (SSSR count). The quantitative estimate of drug-likeness (QED) is 0.328. The molecule has 5 nitrogen and oxygen atoms in total. The second-order valence-corrected chi connectivity index (χ2v) is 9.78. The van der Waals surface area contributed by atoms with Crippen molar-refractivity contribution in [1.29, 1.82) is 5.26 Å². The van der Waals surface area contributed by atoms with E-state index >= 15 is 0 Å². The molecular weight excluding hydrogens is 493 g/mol. The number of nitriles is 1. The lowest BCUT2D eigenvalue weighted by Crippen LogP contribution is -2.45. The minimum atomic E-state index is 0.136. The van der Waals surface area contributed by atoms with E-state index < -0.39 is 0 Å². The van der Waals surface area contributed by atoms with Gasteiger partial charge >= 0.3 is 0 Å². The third-order valence-corrected chi connectivity index (χ3v) is 6.78. The fourth-order valence-corrected chi connectivity index (χ4v) is 5.21. The summed E-state index contributed by atoms with van der Waals surface area (Å²) in [6.45, 7) is 5.70. The number of carbonyl (C=O) groups excluding carboxylic acids is 1. The van der Waals surface area contributed by atoms with Gasteiger partial charge in [0, 0.05) is 43.2 Å². The molecule has 1 aliphatic rings. The molecule has 0 bridgehead atoms. The van der Waals surface area contributed by atoms with Crippen LogP contribution in [0.15, 0.2) is 66.9 Å². The Morgan fingerprint density at radius 2 is 1.81 bits per heavy atom. The first-order chi connectivity index (χ1) is 17.3. The highest BCUT2D eigenvalue weighted by atomic mass is 35.5. The Morgan fingerprint density at radius 3 is 2.42 bits per heavy atom. The Hall–Kier alpha value is -3.30. The summed E-state index contributed by atoms with van der Waals surface area (Å²) < 4.78 is 5.84. The summed E-state index contributed by atoms with van der Waals surface area (Å²) in [4.78, 5) is 16.0. The minimum absolute atomic E-state index is 0.136. The van der Waals surface area contributed by atoms with Crippen molar-refractivity contribution in [2.45, 2.75) is 26.1 Å². The number of ether oxygens (including phenoxy) is 1. The zero-order chi connectivity index (χ0) is 25.8. The number of rotatable bonds is 6. The van der Waals surface area contributed by atoms with Crippen LogP contribution in [0.5, 0.6) is 0 Å². The van der Waals surface area contributed by atoms with Crippen molar-refractivity contribution in [2.75, 3.05) is 29.9 Å². The van der Waals surface area contributed by atoms with Gasteiger partial charge in [-0.25, -0.2) is 0 Å². The van der Waals surface area contributed by atoms with Gasteiger partial charge in [-0.2, -0.15) is 5.26 Å². The standard InChI is InChI=1S/C29H27Cl2N3O2/c1-19-15-34(16-20(2)36-19)28-12-11-24(13-26(28)30)33(3)17-27(31)29-23(18-35)5-4-6-25(29)22-9-7-21(14-32)8-10-22/h4-13,17-20H,15-16H2,1-3H3/b27-17+. The van der Waals surface area contributed by atoms with E-state index in [2.05, 4.69) is 24.8 Å². The number of halogens is 2. The minimum Gasteiger partial charge on any atom is -0.372 e. The molecule has 0 N–H and O–H groups in total. The number of carbonyl (C=O) groups is 1. The van der Waals surface area contributed by atoms with E-state index in [-0.39, 0.29) is 12.2 Å². The predicted octanol–water partition coefficient (Wildman–Crippen LogP) is 6.98. The summed E-state index contributed by atoms with van der Waals surface area (Å²) in [7, 11) is 1.89. The maximum atomic E-state index is 11.9. The van der Waals surface area contributed by atoms with E-state index in [1.807, 2.05) is 54.4 Å². The van der Waals surface area contributed by atoms with Gasteiger partial charge < -0.3 is 14.5 Å². The lowest BCUT2D eigenvalue weighted by Gasteiger charge is -2.37. The van der Waals surface area contributed by atoms with Crippen molar-refractivity contribution in [3.63, 3.8) is 0 Å². The van der Waals surface area contributed by atoms with Crippen molar-refractivity contribution in [3.05, 3.63) is 88.6 Å². The number of morpholine rings is 1. The Bertz CT molecular complexity index is 1320. The molecule has 1 fully saturated rings. The fraction of sp³-hybridized carbons (Fsp3) is 0.241. The fourth-order valence-electron chi connectivity index (χ4n) is 4.56. The summed E-state index contributed by atoms with van der Waals surface area (Å²) in [6.07, 6.45) is 2.85. The van der Waals surface area contributed by atoms with E-state index in [4.69, 9.17) is 33.2 Å². The molecule has 1 aliphatic heterocycles. The Kier molecular flexibility index (Phi) is 8.01. The van der Waals surface area contributed by atoms with Crippen LogP contribution in [0.2, 0.25) is 5.02 Å². The second-order valence-electron chi connectivity index (χ2n) is 8.96. The van der Waals surface area contributed by atoms with Crippen molar-refractivity contribution in [1.82, 2.24) is 0 Å². The van der Waals surface area contributed by atoms with E-state index in [0.717, 1.165) is 41.9 Å². The van der Waals surface area contributed by atoms with Crippen LogP contribution in [0.1, 0.15) is 35.3 Å². The number of nitrogens with zero attached hydrogens (tertiary/aromatic N) is 3. The van der Waals surface area contributed by atoms with Crippen molar-refractivity contribution < 1.29 is 9.53 Å². The molecule has 0 aliphatic carbocycles. The average Bonchev–Trinajstić information content (AvgIpc) is 2.87. The molecule has 0 aromatic heterocycles. The zero-order valence-corrected chi connectivity index (χ0v) is 21.9. The van der Waals surface area contributed by atoms with Crippen LogP contribution in [0.4, 0.5) is 11.4 Å². The molecule has 0 spiro atoms. The summed E-state index contributed by atoms with van der Waals surface area (Å²) in [5.41, 5.74) is 5.18. The van der Waals surface area contributed by atoms with Crippen LogP contribution >= 0.6 is 23.2 Å². The zero-order valence-electron chi connectivity index (χ0n) is 20.4. The van der Waals surface area contributed by atoms with Crippen LogP contribution in [0.25, 0.3) is 16.2 Å². The monoisotopic (exact) mass is 519 g/mol. The summed E-state index contributed by atoms with van der Waals surface area (Å²) in [6, 6.07) is 20.7. The van der Waals surface area contributed by atoms with Gasteiger partial charge in [0.1, 0.15) is 0 Å². The third kappa shape index (κ3) is 5.57. The third-order valence-electron chi connectivity index (χ3n) is 6.19. The Morgan fingerprint density at radius 1 is 1.11 bits per heavy atom. The predicted molar refractivity (Wildman–Crippen MR) is 148 cm³/mol. The number of hydrogen-bond donors (Lipinski definition) is 0. The van der Waals surface area contributed by atoms with Gasteiger partial charge in [-0.05, 0) is 55.3 Å². The largest absolute Gasteiger partial charge is 0.372 e. The van der Waals surface area contributed by atoms with Gasteiger partial charge in [0.15, 0.2) is 6.29 Å². The molecule has 184 valence electrons. The van der Waals surface area contributed by atoms with Gasteiger partial charge in [-0.15, -0.1) is 0 Å². The van der Waals surface area contributed by atoms with E-state index in [1.165, 1.54) is 0 Å². The summed E-state index contributed by atoms with van der Waals surface area (Å²) >= 11 is 13.5. The highest BCUT2D eigenvalue weighted by molar-refractivity contribution is 6.50. The first-order valence-corrected chi connectivity index (χ1v) is 12.5. The highest BCUT2D eigenvalue weighted by Crippen LogP contribution is 2.36. The van der Waals surface area contributed by atoms with Gasteiger partial charge in [0.05, 0.1) is 39.6 Å². The molecule has 0 radical (unpaired) electrons. The number of aldehydes is 1. The van der Waals surface area contributed by atoms with Crippen LogP contribution in [-0.4, -0.2) is 38.6 Å².